The van der Waals surface area contributed by atoms with E-state index in [-0.39, 0.29) is 23.1 Å². The summed E-state index contributed by atoms with van der Waals surface area (Å²) in [5.41, 5.74) is 0.482. The topological polar surface area (TPSA) is 64.0 Å². The molecule has 0 aliphatic rings. The lowest BCUT2D eigenvalue weighted by Gasteiger charge is -2.15. The summed E-state index contributed by atoms with van der Waals surface area (Å²) in [6.45, 7) is 9.54. The average molecular weight is 396 g/mol. The van der Waals surface area contributed by atoms with E-state index < -0.39 is 0 Å². The number of hydrogen-bond donors (Lipinski definition) is 1. The zero-order valence-corrected chi connectivity index (χ0v) is 17.3. The first-order valence-electron chi connectivity index (χ1n) is 8.87. The Morgan fingerprint density at radius 3 is 2.65 bits per heavy atom. The van der Waals surface area contributed by atoms with Gasteiger partial charge in [0.15, 0.2) is 5.16 Å². The van der Waals surface area contributed by atoms with Crippen LogP contribution in [0.5, 0.6) is 0 Å². The Bertz CT molecular complexity index is 833. The monoisotopic (exact) mass is 395 g/mol. The van der Waals surface area contributed by atoms with Crippen molar-refractivity contribution >= 4 is 40.2 Å². The number of aromatic nitrogens is 2. The van der Waals surface area contributed by atoms with Crippen LogP contribution in [0.15, 0.2) is 28.2 Å². The molecule has 2 rings (SSSR count). The number of hydrogen-bond acceptors (Lipinski definition) is 4. The molecule has 0 radical (unpaired) electrons. The quantitative estimate of drug-likeness (QED) is 0.542. The summed E-state index contributed by atoms with van der Waals surface area (Å²) in [4.78, 5) is 29.5. The zero-order chi connectivity index (χ0) is 19.3. The number of nitrogens with zero attached hydrogens (tertiary/aromatic N) is 2. The Labute approximate surface area is 163 Å². The minimum absolute atomic E-state index is 0.0443. The number of rotatable bonds is 8. The van der Waals surface area contributed by atoms with Gasteiger partial charge in [-0.3, -0.25) is 14.2 Å². The lowest BCUT2D eigenvalue weighted by molar-refractivity contribution is -0.118. The molecule has 7 heteroatoms. The van der Waals surface area contributed by atoms with Gasteiger partial charge in [-0.15, -0.1) is 0 Å². The molecule has 0 saturated heterocycles. The molecular weight excluding hydrogens is 370 g/mol. The highest BCUT2D eigenvalue weighted by molar-refractivity contribution is 7.99. The molecule has 1 aromatic carbocycles. The first-order valence-corrected chi connectivity index (χ1v) is 10.2. The van der Waals surface area contributed by atoms with Gasteiger partial charge in [0.25, 0.3) is 5.56 Å². The standard InChI is InChI=1S/C19H26ClN3O2S/c1-12(2)7-8-21-17(24)11-26-19-22-16-6-5-14(20)9-15(16)18(25)23(19)10-13(3)4/h5-6,9,12-13H,7-8,10-11H2,1-4H3,(H,21,24). The fourth-order valence-corrected chi connectivity index (χ4v) is 3.50. The molecule has 0 atom stereocenters. The third-order valence-electron chi connectivity index (χ3n) is 3.81. The predicted octanol–water partition coefficient (Wildman–Crippen LogP) is 3.96. The minimum Gasteiger partial charge on any atom is -0.355 e. The highest BCUT2D eigenvalue weighted by Gasteiger charge is 2.14. The molecule has 0 aliphatic heterocycles. The van der Waals surface area contributed by atoms with Crippen molar-refractivity contribution in [3.05, 3.63) is 33.6 Å². The van der Waals surface area contributed by atoms with E-state index in [0.29, 0.717) is 40.1 Å². The van der Waals surface area contributed by atoms with Crippen molar-refractivity contribution < 1.29 is 4.79 Å². The van der Waals surface area contributed by atoms with Gasteiger partial charge in [0.1, 0.15) is 0 Å². The normalized spacial score (nSPS) is 11.5. The molecule has 0 saturated carbocycles. The van der Waals surface area contributed by atoms with Gasteiger partial charge in [-0.05, 0) is 36.5 Å². The second-order valence-electron chi connectivity index (χ2n) is 7.19. The van der Waals surface area contributed by atoms with Crippen LogP contribution in [-0.4, -0.2) is 27.8 Å². The number of carbonyl (C=O) groups excluding carboxylic acids is 1. The Morgan fingerprint density at radius 1 is 1.27 bits per heavy atom. The van der Waals surface area contributed by atoms with Crippen LogP contribution in [0, 0.1) is 11.8 Å². The van der Waals surface area contributed by atoms with Crippen LogP contribution < -0.4 is 10.9 Å². The first-order chi connectivity index (χ1) is 12.3. The van der Waals surface area contributed by atoms with Crippen molar-refractivity contribution in [1.82, 2.24) is 14.9 Å². The summed E-state index contributed by atoms with van der Waals surface area (Å²) in [6.07, 6.45) is 0.948. The fraction of sp³-hybridized carbons (Fsp3) is 0.526. The van der Waals surface area contributed by atoms with Gasteiger partial charge in [0.05, 0.1) is 16.7 Å². The largest absolute Gasteiger partial charge is 0.355 e. The van der Waals surface area contributed by atoms with Crippen molar-refractivity contribution in [3.63, 3.8) is 0 Å². The number of nitrogens with one attached hydrogen (secondary N) is 1. The number of amides is 1. The van der Waals surface area contributed by atoms with Crippen molar-refractivity contribution in [2.24, 2.45) is 11.8 Å². The van der Waals surface area contributed by atoms with E-state index in [1.807, 2.05) is 13.8 Å². The summed E-state index contributed by atoms with van der Waals surface area (Å²) in [6, 6.07) is 5.11. The molecule has 26 heavy (non-hydrogen) atoms. The molecule has 0 aliphatic carbocycles. The highest BCUT2D eigenvalue weighted by atomic mass is 35.5. The lowest BCUT2D eigenvalue weighted by Crippen LogP contribution is -2.29. The number of thioether (sulfide) groups is 1. The number of carbonyl (C=O) groups is 1. The first kappa shape index (κ1) is 20.8. The Morgan fingerprint density at radius 2 is 2.00 bits per heavy atom. The van der Waals surface area contributed by atoms with E-state index in [0.717, 1.165) is 6.42 Å². The van der Waals surface area contributed by atoms with Crippen LogP contribution >= 0.6 is 23.4 Å². The third-order valence-corrected chi connectivity index (χ3v) is 5.02. The number of fused-ring (bicyclic) bond motifs is 1. The maximum absolute atomic E-state index is 12.9. The fourth-order valence-electron chi connectivity index (χ4n) is 2.49. The molecule has 0 fully saturated rings. The molecule has 1 aromatic heterocycles. The van der Waals surface area contributed by atoms with Crippen LogP contribution in [-0.2, 0) is 11.3 Å². The summed E-state index contributed by atoms with van der Waals surface area (Å²) in [5, 5.41) is 4.49. The summed E-state index contributed by atoms with van der Waals surface area (Å²) in [5.74, 6) is 1.03. The maximum Gasteiger partial charge on any atom is 0.262 e. The smallest absolute Gasteiger partial charge is 0.262 e. The van der Waals surface area contributed by atoms with Gasteiger partial charge >= 0.3 is 0 Å². The molecule has 5 nitrogen and oxygen atoms in total. The van der Waals surface area contributed by atoms with E-state index in [1.165, 1.54) is 11.8 Å². The second-order valence-corrected chi connectivity index (χ2v) is 8.57. The van der Waals surface area contributed by atoms with Crippen LogP contribution in [0.2, 0.25) is 5.02 Å². The maximum atomic E-state index is 12.9. The highest BCUT2D eigenvalue weighted by Crippen LogP contribution is 2.21. The van der Waals surface area contributed by atoms with Gasteiger partial charge in [0, 0.05) is 18.1 Å². The molecule has 0 bridgehead atoms. The molecule has 0 unspecified atom stereocenters. The van der Waals surface area contributed by atoms with Gasteiger partial charge in [-0.2, -0.15) is 0 Å². The van der Waals surface area contributed by atoms with Crippen LogP contribution in [0.3, 0.4) is 0 Å². The SMILES string of the molecule is CC(C)CCNC(=O)CSc1nc2ccc(Cl)cc2c(=O)n1CC(C)C. The molecule has 0 spiro atoms. The number of halogens is 1. The van der Waals surface area contributed by atoms with E-state index in [2.05, 4.69) is 24.1 Å². The number of benzene rings is 1. The summed E-state index contributed by atoms with van der Waals surface area (Å²) in [7, 11) is 0. The molecular formula is C19H26ClN3O2S. The minimum atomic E-state index is -0.117. The summed E-state index contributed by atoms with van der Waals surface area (Å²) >= 11 is 7.32. The van der Waals surface area contributed by atoms with Crippen LogP contribution in [0.1, 0.15) is 34.1 Å². The van der Waals surface area contributed by atoms with Crippen molar-refractivity contribution in [2.45, 2.75) is 45.8 Å². The van der Waals surface area contributed by atoms with Crippen molar-refractivity contribution in [2.75, 3.05) is 12.3 Å². The van der Waals surface area contributed by atoms with E-state index in [9.17, 15) is 9.59 Å². The predicted molar refractivity (Wildman–Crippen MR) is 109 cm³/mol. The van der Waals surface area contributed by atoms with E-state index >= 15 is 0 Å². The van der Waals surface area contributed by atoms with Crippen molar-refractivity contribution in [3.8, 4) is 0 Å². The molecule has 1 heterocycles. The Balaban J connectivity index is 2.23. The molecule has 1 amide bonds. The van der Waals surface area contributed by atoms with Gasteiger partial charge in [0.2, 0.25) is 5.91 Å². The molecule has 2 aromatic rings. The van der Waals surface area contributed by atoms with E-state index in [4.69, 9.17) is 11.6 Å². The van der Waals surface area contributed by atoms with Gasteiger partial charge < -0.3 is 5.32 Å². The van der Waals surface area contributed by atoms with Crippen LogP contribution in [0.4, 0.5) is 0 Å². The van der Waals surface area contributed by atoms with Crippen LogP contribution in [0.25, 0.3) is 10.9 Å². The van der Waals surface area contributed by atoms with E-state index in [1.54, 1.807) is 22.8 Å². The average Bonchev–Trinajstić information content (AvgIpc) is 2.56. The zero-order valence-electron chi connectivity index (χ0n) is 15.7. The van der Waals surface area contributed by atoms with Gasteiger partial charge in [-0.1, -0.05) is 51.1 Å². The lowest BCUT2D eigenvalue weighted by atomic mass is 10.1. The van der Waals surface area contributed by atoms with Gasteiger partial charge in [-0.25, -0.2) is 4.98 Å². The molecule has 1 N–H and O–H groups in total. The van der Waals surface area contributed by atoms with Crippen molar-refractivity contribution in [1.29, 1.82) is 0 Å². The molecule has 142 valence electrons. The Kier molecular flexibility index (Phi) is 7.53. The third kappa shape index (κ3) is 5.74. The Hall–Kier alpha value is -1.53. The summed E-state index contributed by atoms with van der Waals surface area (Å²) < 4.78 is 1.65. The second kappa shape index (κ2) is 9.42.